The molecule has 0 aliphatic rings. The molecular formula is C21H16F4N2O5S. The van der Waals surface area contributed by atoms with Gasteiger partial charge in [0.15, 0.2) is 21.3 Å². The van der Waals surface area contributed by atoms with Crippen molar-refractivity contribution in [2.45, 2.75) is 11.1 Å². The fourth-order valence-corrected chi connectivity index (χ4v) is 3.35. The summed E-state index contributed by atoms with van der Waals surface area (Å²) in [6.45, 7) is 0. The van der Waals surface area contributed by atoms with E-state index in [9.17, 15) is 30.8 Å². The number of alkyl halides is 3. The van der Waals surface area contributed by atoms with E-state index in [0.717, 1.165) is 30.5 Å². The lowest BCUT2D eigenvalue weighted by molar-refractivity contribution is -0.141. The Morgan fingerprint density at radius 1 is 1.03 bits per heavy atom. The van der Waals surface area contributed by atoms with Gasteiger partial charge < -0.3 is 14.8 Å². The molecule has 0 bridgehead atoms. The Morgan fingerprint density at radius 3 is 2.39 bits per heavy atom. The fourth-order valence-electron chi connectivity index (χ4n) is 2.68. The van der Waals surface area contributed by atoms with Crippen molar-refractivity contribution in [2.75, 3.05) is 18.7 Å². The second-order valence-electron chi connectivity index (χ2n) is 6.70. The molecule has 0 unspecified atom stereocenters. The Kier molecular flexibility index (Phi) is 6.58. The molecule has 1 amide bonds. The zero-order valence-corrected chi connectivity index (χ0v) is 17.9. The number of nitrogens with zero attached hydrogens (tertiary/aromatic N) is 1. The Bertz CT molecular complexity index is 1310. The Morgan fingerprint density at radius 2 is 1.76 bits per heavy atom. The van der Waals surface area contributed by atoms with E-state index in [-0.39, 0.29) is 27.6 Å². The molecule has 0 radical (unpaired) electrons. The third-order valence-electron chi connectivity index (χ3n) is 4.25. The Hall–Kier alpha value is -3.67. The van der Waals surface area contributed by atoms with E-state index >= 15 is 0 Å². The number of carbonyl (C=O) groups excluding carboxylic acids is 1. The van der Waals surface area contributed by atoms with Gasteiger partial charge in [-0.15, -0.1) is 0 Å². The quantitative estimate of drug-likeness (QED) is 0.510. The number of carbonyl (C=O) groups is 1. The number of ether oxygens (including phenoxy) is 2. The molecule has 0 saturated heterocycles. The number of halogens is 4. The first-order chi connectivity index (χ1) is 15.4. The summed E-state index contributed by atoms with van der Waals surface area (Å²) in [6, 6.07) is 9.78. The van der Waals surface area contributed by atoms with Crippen molar-refractivity contribution in [1.29, 1.82) is 0 Å². The minimum Gasteiger partial charge on any atom is -0.493 e. The summed E-state index contributed by atoms with van der Waals surface area (Å²) in [5, 5.41) is 2.40. The molecule has 1 heterocycles. The van der Waals surface area contributed by atoms with Gasteiger partial charge in [0.1, 0.15) is 17.1 Å². The molecule has 0 aliphatic heterocycles. The second kappa shape index (κ2) is 9.06. The number of nitrogens with one attached hydrogen (secondary N) is 1. The van der Waals surface area contributed by atoms with Gasteiger partial charge in [-0.2, -0.15) is 13.2 Å². The van der Waals surface area contributed by atoms with Crippen LogP contribution in [0.4, 0.5) is 23.2 Å². The molecule has 0 aliphatic carbocycles. The lowest BCUT2D eigenvalue weighted by atomic mass is 10.2. The highest BCUT2D eigenvalue weighted by Gasteiger charge is 2.34. The number of methoxy groups -OCH3 is 1. The summed E-state index contributed by atoms with van der Waals surface area (Å²) < 4.78 is 86.8. The molecule has 7 nitrogen and oxygen atoms in total. The summed E-state index contributed by atoms with van der Waals surface area (Å²) in [5.74, 6) is -2.63. The van der Waals surface area contributed by atoms with Crippen molar-refractivity contribution in [3.05, 3.63) is 71.7 Å². The SMILES string of the molecule is COc1cc(F)ccc1Oc1nc(C(F)(F)F)ccc1C(=O)Nc1cccc(S(C)(=O)=O)c1. The van der Waals surface area contributed by atoms with Crippen LogP contribution in [-0.2, 0) is 16.0 Å². The van der Waals surface area contributed by atoms with Crippen molar-refractivity contribution < 1.29 is 40.2 Å². The summed E-state index contributed by atoms with van der Waals surface area (Å²) in [6.07, 6.45) is -3.85. The maximum absolute atomic E-state index is 13.5. The van der Waals surface area contributed by atoms with Crippen LogP contribution < -0.4 is 14.8 Å². The Labute approximate surface area is 185 Å². The summed E-state index contributed by atoms with van der Waals surface area (Å²) in [7, 11) is -2.37. The number of sulfone groups is 1. The van der Waals surface area contributed by atoms with E-state index in [0.29, 0.717) is 6.07 Å². The smallest absolute Gasteiger partial charge is 0.433 e. The first kappa shape index (κ1) is 24.0. The van der Waals surface area contributed by atoms with Crippen LogP contribution in [0, 0.1) is 5.82 Å². The number of rotatable bonds is 6. The molecule has 0 atom stereocenters. The minimum absolute atomic E-state index is 0.0710. The standard InChI is InChI=1S/C21H16F4N2O5S/c1-31-17-10-12(22)6-8-16(17)32-20-15(7-9-18(27-20)21(23,24)25)19(28)26-13-4-3-5-14(11-13)33(2,29)30/h3-11H,1-2H3,(H,26,28). The van der Waals surface area contributed by atoms with Crippen molar-refractivity contribution in [2.24, 2.45) is 0 Å². The first-order valence-corrected chi connectivity index (χ1v) is 11.0. The highest BCUT2D eigenvalue weighted by molar-refractivity contribution is 7.90. The van der Waals surface area contributed by atoms with Crippen LogP contribution in [-0.4, -0.2) is 32.7 Å². The number of pyridine rings is 1. The van der Waals surface area contributed by atoms with Gasteiger partial charge in [-0.05, 0) is 42.5 Å². The maximum atomic E-state index is 13.5. The third kappa shape index (κ3) is 5.77. The third-order valence-corrected chi connectivity index (χ3v) is 5.36. The van der Waals surface area contributed by atoms with Gasteiger partial charge in [-0.25, -0.2) is 17.8 Å². The van der Waals surface area contributed by atoms with Gasteiger partial charge in [0.05, 0.1) is 12.0 Å². The normalized spacial score (nSPS) is 11.7. The fraction of sp³-hybridized carbons (Fsp3) is 0.143. The molecule has 1 aromatic heterocycles. The lowest BCUT2D eigenvalue weighted by Crippen LogP contribution is -2.16. The topological polar surface area (TPSA) is 94.6 Å². The van der Waals surface area contributed by atoms with Crippen LogP contribution in [0.2, 0.25) is 0 Å². The predicted octanol–water partition coefficient (Wildman–Crippen LogP) is 4.70. The average Bonchev–Trinajstić information content (AvgIpc) is 2.73. The Balaban J connectivity index is 2.02. The number of hydrogen-bond acceptors (Lipinski definition) is 6. The van der Waals surface area contributed by atoms with Crippen molar-refractivity contribution in [3.63, 3.8) is 0 Å². The van der Waals surface area contributed by atoms with Gasteiger partial charge >= 0.3 is 6.18 Å². The molecule has 0 fully saturated rings. The molecule has 33 heavy (non-hydrogen) atoms. The number of hydrogen-bond donors (Lipinski definition) is 1. The molecule has 2 aromatic carbocycles. The van der Waals surface area contributed by atoms with Gasteiger partial charge in [0, 0.05) is 18.0 Å². The van der Waals surface area contributed by atoms with Crippen LogP contribution in [0.25, 0.3) is 0 Å². The van der Waals surface area contributed by atoms with E-state index in [1.165, 1.54) is 31.4 Å². The molecule has 12 heteroatoms. The van der Waals surface area contributed by atoms with E-state index in [1.807, 2.05) is 0 Å². The molecule has 3 rings (SSSR count). The van der Waals surface area contributed by atoms with E-state index in [1.54, 1.807) is 0 Å². The van der Waals surface area contributed by atoms with Crippen LogP contribution >= 0.6 is 0 Å². The molecule has 3 aromatic rings. The zero-order valence-electron chi connectivity index (χ0n) is 17.1. The highest BCUT2D eigenvalue weighted by atomic mass is 32.2. The van der Waals surface area contributed by atoms with E-state index in [4.69, 9.17) is 9.47 Å². The van der Waals surface area contributed by atoms with Crippen LogP contribution in [0.15, 0.2) is 59.5 Å². The zero-order chi connectivity index (χ0) is 24.4. The molecule has 174 valence electrons. The van der Waals surface area contributed by atoms with Gasteiger partial charge in [-0.3, -0.25) is 4.79 Å². The number of benzene rings is 2. The lowest BCUT2D eigenvalue weighted by Gasteiger charge is -2.15. The van der Waals surface area contributed by atoms with E-state index in [2.05, 4.69) is 10.3 Å². The largest absolute Gasteiger partial charge is 0.493 e. The van der Waals surface area contributed by atoms with Crippen molar-refractivity contribution in [1.82, 2.24) is 4.98 Å². The van der Waals surface area contributed by atoms with E-state index < -0.39 is 39.3 Å². The number of anilines is 1. The average molecular weight is 484 g/mol. The van der Waals surface area contributed by atoms with Gasteiger partial charge in [-0.1, -0.05) is 6.07 Å². The summed E-state index contributed by atoms with van der Waals surface area (Å²) in [5.41, 5.74) is -1.64. The highest BCUT2D eigenvalue weighted by Crippen LogP contribution is 2.35. The van der Waals surface area contributed by atoms with Crippen LogP contribution in [0.1, 0.15) is 16.1 Å². The number of aromatic nitrogens is 1. The molecular weight excluding hydrogens is 468 g/mol. The summed E-state index contributed by atoms with van der Waals surface area (Å²) in [4.78, 5) is 16.1. The molecule has 0 saturated carbocycles. The predicted molar refractivity (Wildman–Crippen MR) is 110 cm³/mol. The van der Waals surface area contributed by atoms with Crippen LogP contribution in [0.5, 0.6) is 17.4 Å². The monoisotopic (exact) mass is 484 g/mol. The second-order valence-corrected chi connectivity index (χ2v) is 8.71. The first-order valence-electron chi connectivity index (χ1n) is 9.09. The summed E-state index contributed by atoms with van der Waals surface area (Å²) >= 11 is 0. The van der Waals surface area contributed by atoms with Gasteiger partial charge in [0.25, 0.3) is 5.91 Å². The molecule has 0 spiro atoms. The minimum atomic E-state index is -4.83. The van der Waals surface area contributed by atoms with Gasteiger partial charge in [0.2, 0.25) is 5.88 Å². The van der Waals surface area contributed by atoms with Crippen LogP contribution in [0.3, 0.4) is 0 Å². The van der Waals surface area contributed by atoms with Crippen molar-refractivity contribution >= 4 is 21.4 Å². The number of amides is 1. The maximum Gasteiger partial charge on any atom is 0.433 e. The van der Waals surface area contributed by atoms with Crippen molar-refractivity contribution in [3.8, 4) is 17.4 Å². The molecule has 1 N–H and O–H groups in total.